The molecule has 13 heteroatoms. The second kappa shape index (κ2) is 12.1. The van der Waals surface area contributed by atoms with Crippen LogP contribution in [-0.2, 0) is 21.1 Å². The zero-order chi connectivity index (χ0) is 29.2. The zero-order valence-electron chi connectivity index (χ0n) is 22.7. The van der Waals surface area contributed by atoms with E-state index in [1.54, 1.807) is 6.07 Å². The molecule has 1 amide bonds. The van der Waals surface area contributed by atoms with Crippen LogP contribution in [0.2, 0.25) is 0 Å². The monoisotopic (exact) mass is 584 g/mol. The van der Waals surface area contributed by atoms with Gasteiger partial charge in [0.15, 0.2) is 15.9 Å². The van der Waals surface area contributed by atoms with Gasteiger partial charge in [0.05, 0.1) is 52.9 Å². The first-order valence-electron chi connectivity index (χ1n) is 13.4. The van der Waals surface area contributed by atoms with E-state index in [1.165, 1.54) is 31.5 Å². The van der Waals surface area contributed by atoms with E-state index in [0.717, 1.165) is 11.3 Å². The number of ether oxygens (including phenoxy) is 1. The summed E-state index contributed by atoms with van der Waals surface area (Å²) in [6.07, 6.45) is -3.00. The van der Waals surface area contributed by atoms with Crippen molar-refractivity contribution in [3.8, 4) is 0 Å². The van der Waals surface area contributed by atoms with Gasteiger partial charge in [0.2, 0.25) is 0 Å². The second-order valence-electron chi connectivity index (χ2n) is 10.7. The van der Waals surface area contributed by atoms with E-state index >= 15 is 0 Å². The number of pyridine rings is 2. The van der Waals surface area contributed by atoms with Gasteiger partial charge < -0.3 is 15.2 Å². The Morgan fingerprint density at radius 1 is 1.23 bits per heavy atom. The Labute approximate surface area is 232 Å². The van der Waals surface area contributed by atoms with Crippen molar-refractivity contribution < 1.29 is 36.2 Å². The number of carbonyl (C=O) groups excluding carboxylic acids is 1. The molecular formula is C27H35F3N4O5S. The highest BCUT2D eigenvalue weighted by atomic mass is 32.2. The third-order valence-corrected chi connectivity index (χ3v) is 9.23. The predicted molar refractivity (Wildman–Crippen MR) is 140 cm³/mol. The first-order valence-corrected chi connectivity index (χ1v) is 15.0. The van der Waals surface area contributed by atoms with Crippen molar-refractivity contribution in [2.75, 3.05) is 25.5 Å². The lowest BCUT2D eigenvalue weighted by atomic mass is 9.95. The molecule has 1 fully saturated rings. The number of halogens is 3. The van der Waals surface area contributed by atoms with Crippen LogP contribution in [0.4, 0.5) is 13.2 Å². The van der Waals surface area contributed by atoms with Crippen molar-refractivity contribution in [3.05, 3.63) is 53.1 Å². The summed E-state index contributed by atoms with van der Waals surface area (Å²) in [4.78, 5) is 24.1. The average Bonchev–Trinajstić information content (AvgIpc) is 3.28. The van der Waals surface area contributed by atoms with E-state index in [2.05, 4.69) is 34.0 Å². The minimum Gasteiger partial charge on any atom is -0.394 e. The maximum Gasteiger partial charge on any atom is 0.414 e. The van der Waals surface area contributed by atoms with E-state index in [9.17, 15) is 31.5 Å². The van der Waals surface area contributed by atoms with Gasteiger partial charge in [-0.2, -0.15) is 13.2 Å². The van der Waals surface area contributed by atoms with Gasteiger partial charge >= 0.3 is 6.18 Å². The van der Waals surface area contributed by atoms with Crippen LogP contribution in [0.15, 0.2) is 35.5 Å². The fourth-order valence-electron chi connectivity index (χ4n) is 5.39. The molecule has 4 heterocycles. The number of alkyl halides is 3. The average molecular weight is 585 g/mol. The molecule has 0 aromatic carbocycles. The van der Waals surface area contributed by atoms with Gasteiger partial charge in [-0.3, -0.25) is 19.7 Å². The van der Waals surface area contributed by atoms with Gasteiger partial charge in [-0.1, -0.05) is 20.8 Å². The zero-order valence-corrected chi connectivity index (χ0v) is 23.5. The number of aromatic nitrogens is 2. The molecule has 0 aliphatic carbocycles. The lowest BCUT2D eigenvalue weighted by Gasteiger charge is -2.35. The van der Waals surface area contributed by atoms with E-state index < -0.39 is 40.7 Å². The van der Waals surface area contributed by atoms with Crippen LogP contribution in [0.3, 0.4) is 0 Å². The van der Waals surface area contributed by atoms with Gasteiger partial charge in [-0.25, -0.2) is 8.42 Å². The van der Waals surface area contributed by atoms with Crippen molar-refractivity contribution in [2.45, 2.75) is 69.4 Å². The van der Waals surface area contributed by atoms with Crippen LogP contribution in [0.5, 0.6) is 0 Å². The highest BCUT2D eigenvalue weighted by Gasteiger charge is 2.44. The minimum absolute atomic E-state index is 0.0338. The summed E-state index contributed by atoms with van der Waals surface area (Å²) in [6, 6.07) is 3.71. The molecule has 4 rings (SSSR count). The SMILES string of the molecule is CCS(=O)(=O)c1ccc([C@H](CO)NC(=O)c2cnc3c(c2)CN(C[C@@H]2CCC(C(F)(F)F)OC2)C3C(C)C)nc1. The second-order valence-corrected chi connectivity index (χ2v) is 13.0. The highest BCUT2D eigenvalue weighted by molar-refractivity contribution is 7.91. The van der Waals surface area contributed by atoms with E-state index in [0.29, 0.717) is 30.8 Å². The normalized spacial score (nSPS) is 22.8. The number of amides is 1. The molecule has 40 heavy (non-hydrogen) atoms. The lowest BCUT2D eigenvalue weighted by Crippen LogP contribution is -2.41. The Balaban J connectivity index is 1.44. The fourth-order valence-corrected chi connectivity index (χ4v) is 6.21. The summed E-state index contributed by atoms with van der Waals surface area (Å²) >= 11 is 0. The highest BCUT2D eigenvalue weighted by Crippen LogP contribution is 2.39. The molecular weight excluding hydrogens is 549 g/mol. The Bertz CT molecular complexity index is 1300. The molecule has 4 atom stereocenters. The van der Waals surface area contributed by atoms with Crippen molar-refractivity contribution in [1.82, 2.24) is 20.2 Å². The summed E-state index contributed by atoms with van der Waals surface area (Å²) in [5.74, 6) is -0.389. The van der Waals surface area contributed by atoms with Crippen LogP contribution in [0, 0.1) is 11.8 Å². The molecule has 2 N–H and O–H groups in total. The molecule has 2 aromatic heterocycles. The number of carbonyl (C=O) groups is 1. The number of sulfone groups is 1. The van der Waals surface area contributed by atoms with Gasteiger partial charge in [-0.05, 0) is 48.4 Å². The number of rotatable bonds is 9. The number of hydrogen-bond acceptors (Lipinski definition) is 8. The smallest absolute Gasteiger partial charge is 0.394 e. The molecule has 2 aliphatic rings. The molecule has 2 aromatic rings. The standard InChI is InChI=1S/C27H35F3N4O5S/c1-4-40(37,38)20-6-7-21(31-11-20)22(14-35)33-26(36)18-9-19-13-34(25(16(2)3)24(19)32-10-18)12-17-5-8-23(39-15-17)27(28,29)30/h6-7,9-11,16-17,22-23,25,35H,4-5,8,12-15H2,1-3H3,(H,33,36)/t17-,22-,23?,25?/m0/s1. The number of nitrogens with zero attached hydrogens (tertiary/aromatic N) is 3. The number of nitrogens with one attached hydrogen (secondary N) is 1. The quantitative estimate of drug-likeness (QED) is 0.459. The summed E-state index contributed by atoms with van der Waals surface area (Å²) in [5, 5.41) is 12.6. The molecule has 9 nitrogen and oxygen atoms in total. The third kappa shape index (κ3) is 6.64. The molecule has 0 bridgehead atoms. The molecule has 0 radical (unpaired) electrons. The summed E-state index contributed by atoms with van der Waals surface area (Å²) in [7, 11) is -3.43. The van der Waals surface area contributed by atoms with Gasteiger partial charge in [0, 0.05) is 25.5 Å². The summed E-state index contributed by atoms with van der Waals surface area (Å²) in [5.41, 5.74) is 2.31. The lowest BCUT2D eigenvalue weighted by molar-refractivity contribution is -0.236. The van der Waals surface area contributed by atoms with Crippen molar-refractivity contribution in [1.29, 1.82) is 0 Å². The first kappa shape index (κ1) is 30.4. The maximum atomic E-state index is 13.1. The van der Waals surface area contributed by atoms with Crippen LogP contribution in [0.1, 0.15) is 73.0 Å². The topological polar surface area (TPSA) is 122 Å². The van der Waals surface area contributed by atoms with Crippen molar-refractivity contribution >= 4 is 15.7 Å². The number of aliphatic hydroxyl groups excluding tert-OH is 1. The van der Waals surface area contributed by atoms with Gasteiger partial charge in [-0.15, -0.1) is 0 Å². The molecule has 1 saturated heterocycles. The third-order valence-electron chi connectivity index (χ3n) is 7.51. The Morgan fingerprint density at radius 2 is 1.98 bits per heavy atom. The minimum atomic E-state index is -4.35. The van der Waals surface area contributed by atoms with Gasteiger partial charge in [0.1, 0.15) is 0 Å². The number of hydrogen-bond donors (Lipinski definition) is 2. The maximum absolute atomic E-state index is 13.1. The Hall–Kier alpha value is -2.61. The molecule has 2 aliphatic heterocycles. The van der Waals surface area contributed by atoms with E-state index in [1.807, 2.05) is 0 Å². The van der Waals surface area contributed by atoms with Crippen LogP contribution < -0.4 is 5.32 Å². The van der Waals surface area contributed by atoms with Crippen LogP contribution >= 0.6 is 0 Å². The van der Waals surface area contributed by atoms with E-state index in [-0.39, 0.29) is 41.6 Å². The van der Waals surface area contributed by atoms with Crippen molar-refractivity contribution in [2.24, 2.45) is 11.8 Å². The van der Waals surface area contributed by atoms with Crippen LogP contribution in [0.25, 0.3) is 0 Å². The number of aliphatic hydroxyl groups is 1. The molecule has 0 spiro atoms. The first-order chi connectivity index (χ1) is 18.8. The Kier molecular flexibility index (Phi) is 9.18. The number of fused-ring (bicyclic) bond motifs is 1. The molecule has 0 saturated carbocycles. The van der Waals surface area contributed by atoms with Crippen LogP contribution in [-0.4, -0.2) is 72.1 Å². The largest absolute Gasteiger partial charge is 0.414 e. The molecule has 2 unspecified atom stereocenters. The Morgan fingerprint density at radius 3 is 2.52 bits per heavy atom. The van der Waals surface area contributed by atoms with Crippen molar-refractivity contribution in [3.63, 3.8) is 0 Å². The predicted octanol–water partition coefficient (Wildman–Crippen LogP) is 3.60. The summed E-state index contributed by atoms with van der Waals surface area (Å²) < 4.78 is 68.1. The van der Waals surface area contributed by atoms with Gasteiger partial charge in [0.25, 0.3) is 5.91 Å². The summed E-state index contributed by atoms with van der Waals surface area (Å²) in [6.45, 7) is 6.31. The molecule has 220 valence electrons. The fraction of sp³-hybridized carbons (Fsp3) is 0.593. The van der Waals surface area contributed by atoms with E-state index in [4.69, 9.17) is 4.74 Å².